The molecule has 0 aliphatic rings. The van der Waals surface area contributed by atoms with Crippen LogP contribution in [0.3, 0.4) is 0 Å². The Balaban J connectivity index is 2.10. The fourth-order valence-electron chi connectivity index (χ4n) is 6.48. The lowest BCUT2D eigenvalue weighted by Gasteiger charge is -2.53. The van der Waals surface area contributed by atoms with Crippen molar-refractivity contribution < 1.29 is 0 Å². The minimum atomic E-state index is -0.243. The maximum atomic E-state index is 3.37. The van der Waals surface area contributed by atoms with E-state index in [1.54, 1.807) is 0 Å². The molecule has 1 heteroatoms. The second kappa shape index (κ2) is 10.8. The molecule has 0 aliphatic carbocycles. The number of rotatable bonds is 5. The summed E-state index contributed by atoms with van der Waals surface area (Å²) >= 11 is 0. The van der Waals surface area contributed by atoms with E-state index in [4.69, 9.17) is 0 Å². The van der Waals surface area contributed by atoms with Crippen molar-refractivity contribution >= 4 is 9.24 Å². The first-order valence-corrected chi connectivity index (χ1v) is 14.8. The van der Waals surface area contributed by atoms with E-state index < -0.39 is 0 Å². The van der Waals surface area contributed by atoms with Crippen molar-refractivity contribution in [1.29, 1.82) is 0 Å². The molecule has 0 saturated carbocycles. The maximum absolute atomic E-state index is 3.37. The van der Waals surface area contributed by atoms with Crippen LogP contribution in [0.1, 0.15) is 47.1 Å². The van der Waals surface area contributed by atoms with Gasteiger partial charge < -0.3 is 0 Å². The fraction of sp³-hybridized carbons (Fsp3) is 0.231. The van der Waals surface area contributed by atoms with Crippen molar-refractivity contribution in [1.82, 2.24) is 0 Å². The largest absolute Gasteiger partial charge is 0.125 e. The molecule has 1 atom stereocenters. The van der Waals surface area contributed by atoms with Gasteiger partial charge in [-0.25, -0.2) is 0 Å². The van der Waals surface area contributed by atoms with Crippen LogP contribution in [0.2, 0.25) is 0 Å². The summed E-state index contributed by atoms with van der Waals surface area (Å²) in [5.74, 6) is 0. The Bertz CT molecular complexity index is 1560. The van der Waals surface area contributed by atoms with Gasteiger partial charge >= 0.3 is 0 Å². The molecule has 40 heavy (non-hydrogen) atoms. The zero-order chi connectivity index (χ0) is 28.5. The number of hydrogen-bond donors (Lipinski definition) is 0. The summed E-state index contributed by atoms with van der Waals surface area (Å²) in [6.07, 6.45) is 0. The van der Waals surface area contributed by atoms with Gasteiger partial charge in [0.1, 0.15) is 0 Å². The van der Waals surface area contributed by atoms with E-state index >= 15 is 0 Å². The normalized spacial score (nSPS) is 12.4. The van der Waals surface area contributed by atoms with Crippen molar-refractivity contribution in [3.05, 3.63) is 133 Å². The molecule has 1 unspecified atom stereocenters. The first-order valence-electron chi connectivity index (χ1n) is 14.3. The van der Waals surface area contributed by atoms with Crippen LogP contribution in [0.15, 0.2) is 127 Å². The Kier molecular flexibility index (Phi) is 7.60. The third-order valence-electron chi connectivity index (χ3n) is 8.39. The van der Waals surface area contributed by atoms with E-state index in [0.717, 1.165) is 0 Å². The molecule has 0 spiro atoms. The van der Waals surface area contributed by atoms with E-state index in [2.05, 4.69) is 178 Å². The van der Waals surface area contributed by atoms with Crippen molar-refractivity contribution in [2.45, 2.75) is 46.7 Å². The zero-order valence-electron chi connectivity index (χ0n) is 24.7. The van der Waals surface area contributed by atoms with Crippen LogP contribution in [-0.2, 0) is 5.16 Å². The fourth-order valence-corrected chi connectivity index (χ4v) is 6.70. The minimum absolute atomic E-state index is 0.0460. The lowest BCUT2D eigenvalue weighted by atomic mass is 9.60. The van der Waals surface area contributed by atoms with Crippen molar-refractivity contribution in [2.24, 2.45) is 10.8 Å². The van der Waals surface area contributed by atoms with Gasteiger partial charge in [0.2, 0.25) is 0 Å². The summed E-state index contributed by atoms with van der Waals surface area (Å²) in [7, 11) is 3.37. The molecule has 0 heterocycles. The highest BCUT2D eigenvalue weighted by molar-refractivity contribution is 7.18. The molecule has 0 saturated heterocycles. The number of benzene rings is 5. The zero-order valence-corrected chi connectivity index (χ0v) is 25.9. The molecule has 5 aromatic carbocycles. The van der Waals surface area contributed by atoms with Gasteiger partial charge in [-0.1, -0.05) is 163 Å². The topological polar surface area (TPSA) is 0 Å². The van der Waals surface area contributed by atoms with Crippen LogP contribution in [0, 0.1) is 10.8 Å². The predicted molar refractivity (Wildman–Crippen MR) is 178 cm³/mol. The van der Waals surface area contributed by atoms with Crippen LogP contribution in [0.25, 0.3) is 44.5 Å². The molecule has 202 valence electrons. The Morgan fingerprint density at radius 3 is 1.10 bits per heavy atom. The summed E-state index contributed by atoms with van der Waals surface area (Å²) in [6, 6.07) is 46.3. The molecule has 5 aromatic rings. The highest BCUT2D eigenvalue weighted by Crippen LogP contribution is 2.62. The molecule has 0 fully saturated rings. The molecule has 0 amide bonds. The van der Waals surface area contributed by atoms with Gasteiger partial charge in [-0.05, 0) is 67.0 Å². The van der Waals surface area contributed by atoms with E-state index in [-0.39, 0.29) is 16.0 Å². The Labute approximate surface area is 243 Å². The minimum Gasteiger partial charge on any atom is -0.125 e. The highest BCUT2D eigenvalue weighted by atomic mass is 31.0. The van der Waals surface area contributed by atoms with E-state index in [1.165, 1.54) is 50.1 Å². The Morgan fingerprint density at radius 2 is 0.725 bits per heavy atom. The van der Waals surface area contributed by atoms with Gasteiger partial charge in [-0.2, -0.15) is 0 Å². The van der Waals surface area contributed by atoms with E-state index in [9.17, 15) is 0 Å². The van der Waals surface area contributed by atoms with Crippen LogP contribution in [0.4, 0.5) is 0 Å². The first-order chi connectivity index (χ1) is 19.0. The van der Waals surface area contributed by atoms with Crippen LogP contribution >= 0.6 is 9.24 Å². The lowest BCUT2D eigenvalue weighted by Crippen LogP contribution is -2.45. The molecule has 0 bridgehead atoms. The molecule has 5 rings (SSSR count). The molecule has 0 nitrogen and oxygen atoms in total. The summed E-state index contributed by atoms with van der Waals surface area (Å²) in [5.41, 5.74) is 11.3. The standard InChI is InChI=1S/C39H41P/c1-37(2,3)39(40,38(4,5)6)33-27-32(28-19-11-7-12-20-28)34(29-21-13-8-14-22-29)36(31-25-17-10-18-26-31)35(33)30-23-15-9-16-24-30/h7-27H,40H2,1-6H3. The van der Waals surface area contributed by atoms with E-state index in [1.807, 2.05) is 0 Å². The van der Waals surface area contributed by atoms with Crippen LogP contribution in [-0.4, -0.2) is 0 Å². The quantitative estimate of drug-likeness (QED) is 0.194. The maximum Gasteiger partial charge on any atom is 0.0200 e. The highest BCUT2D eigenvalue weighted by Gasteiger charge is 2.50. The summed E-state index contributed by atoms with van der Waals surface area (Å²) < 4.78 is 0. The second-order valence-corrected chi connectivity index (χ2v) is 13.7. The smallest absolute Gasteiger partial charge is 0.0200 e. The van der Waals surface area contributed by atoms with Gasteiger partial charge in [0.05, 0.1) is 0 Å². The molecule has 0 N–H and O–H groups in total. The first kappa shape index (κ1) is 28.1. The van der Waals surface area contributed by atoms with Gasteiger partial charge in [0.15, 0.2) is 0 Å². The van der Waals surface area contributed by atoms with Crippen molar-refractivity contribution in [3.63, 3.8) is 0 Å². The average molecular weight is 541 g/mol. The van der Waals surface area contributed by atoms with Crippen molar-refractivity contribution in [3.8, 4) is 44.5 Å². The molecule has 0 radical (unpaired) electrons. The second-order valence-electron chi connectivity index (χ2n) is 12.9. The summed E-state index contributed by atoms with van der Waals surface area (Å²) in [5, 5.41) is -0.243. The molecular formula is C39H41P. The van der Waals surface area contributed by atoms with Crippen LogP contribution in [0.5, 0.6) is 0 Å². The van der Waals surface area contributed by atoms with Gasteiger partial charge in [0.25, 0.3) is 0 Å². The SMILES string of the molecule is CC(C)(C)C(P)(c1cc(-c2ccccc2)c(-c2ccccc2)c(-c2ccccc2)c1-c1ccccc1)C(C)(C)C. The molecule has 0 aromatic heterocycles. The monoisotopic (exact) mass is 540 g/mol. The van der Waals surface area contributed by atoms with Gasteiger partial charge in [-0.3, -0.25) is 0 Å². The third kappa shape index (κ3) is 4.95. The Morgan fingerprint density at radius 1 is 0.400 bits per heavy atom. The van der Waals surface area contributed by atoms with Gasteiger partial charge in [0, 0.05) is 5.16 Å². The summed E-state index contributed by atoms with van der Waals surface area (Å²) in [4.78, 5) is 0. The van der Waals surface area contributed by atoms with E-state index in [0.29, 0.717) is 0 Å². The molecular weight excluding hydrogens is 499 g/mol. The van der Waals surface area contributed by atoms with Gasteiger partial charge in [-0.15, -0.1) is 9.24 Å². The lowest BCUT2D eigenvalue weighted by molar-refractivity contribution is 0.140. The van der Waals surface area contributed by atoms with Crippen LogP contribution < -0.4 is 0 Å². The number of hydrogen-bond acceptors (Lipinski definition) is 0. The third-order valence-corrected chi connectivity index (χ3v) is 10.4. The van der Waals surface area contributed by atoms with Crippen molar-refractivity contribution in [2.75, 3.05) is 0 Å². The Hall–Kier alpha value is -3.47. The predicted octanol–water partition coefficient (Wildman–Crippen LogP) is 11.5. The molecule has 0 aliphatic heterocycles. The average Bonchev–Trinajstić information content (AvgIpc) is 2.96. The summed E-state index contributed by atoms with van der Waals surface area (Å²) in [6.45, 7) is 14.3.